The highest BCUT2D eigenvalue weighted by atomic mass is 32.2. The van der Waals surface area contributed by atoms with Gasteiger partial charge in [-0.25, -0.2) is 36.0 Å². The summed E-state index contributed by atoms with van der Waals surface area (Å²) in [6.45, 7) is 2.93. The number of carbonyl (C=O) groups is 4. The van der Waals surface area contributed by atoms with Crippen molar-refractivity contribution in [2.24, 2.45) is 0 Å². The molecule has 0 radical (unpaired) electrons. The van der Waals surface area contributed by atoms with Crippen molar-refractivity contribution >= 4 is 44.1 Å². The number of hydrogen-bond donors (Lipinski definition) is 0. The molecule has 2 atom stereocenters. The van der Waals surface area contributed by atoms with E-state index in [1.54, 1.807) is 6.92 Å². The van der Waals surface area contributed by atoms with Crippen LogP contribution < -0.4 is 4.74 Å². The average Bonchev–Trinajstić information content (AvgIpc) is 3.10. The van der Waals surface area contributed by atoms with Gasteiger partial charge in [0.25, 0.3) is 0 Å². The first-order valence-corrected chi connectivity index (χ1v) is 18.1. The van der Waals surface area contributed by atoms with E-state index < -0.39 is 115 Å². The topological polar surface area (TPSA) is 238 Å². The molecule has 0 saturated carbocycles. The summed E-state index contributed by atoms with van der Waals surface area (Å²) in [5, 5.41) is -10.8. The first-order chi connectivity index (χ1) is 27.0. The zero-order valence-electron chi connectivity index (χ0n) is 30.4. The van der Waals surface area contributed by atoms with E-state index in [2.05, 4.69) is 41.6 Å². The van der Waals surface area contributed by atoms with Gasteiger partial charge in [-0.2, -0.15) is 43.9 Å². The van der Waals surface area contributed by atoms with Gasteiger partial charge in [-0.15, -0.1) is 0 Å². The minimum atomic E-state index is -6.49. The number of rotatable bonds is 17. The zero-order valence-corrected chi connectivity index (χ0v) is 32.0. The molecule has 16 nitrogen and oxygen atoms in total. The predicted octanol–water partition coefficient (Wildman–Crippen LogP) is 4.70. The summed E-state index contributed by atoms with van der Waals surface area (Å²) in [6.07, 6.45) is -12.1. The summed E-state index contributed by atoms with van der Waals surface area (Å²) in [6, 6.07) is 11.8. The molecule has 0 aliphatic carbocycles. The van der Waals surface area contributed by atoms with Crippen molar-refractivity contribution in [1.29, 1.82) is 0 Å². The Kier molecular flexibility index (Phi) is 17.2. The van der Waals surface area contributed by atoms with E-state index in [0.29, 0.717) is 5.56 Å². The third kappa shape index (κ3) is 13.7. The van der Waals surface area contributed by atoms with Crippen LogP contribution in [0.25, 0.3) is 0 Å². The van der Waals surface area contributed by atoms with Crippen LogP contribution in [0.5, 0.6) is 5.75 Å². The first-order valence-electron chi connectivity index (χ1n) is 15.3. The number of hydrogen-bond acceptors (Lipinski definition) is 16. The molecule has 0 aromatic heterocycles. The van der Waals surface area contributed by atoms with E-state index in [9.17, 15) is 89.0 Å². The molecule has 0 fully saturated rings. The van der Waals surface area contributed by atoms with Gasteiger partial charge in [0.05, 0.1) is 0 Å². The van der Waals surface area contributed by atoms with Crippen molar-refractivity contribution in [3.63, 3.8) is 0 Å². The second kappa shape index (κ2) is 19.5. The number of ether oxygens (including phenoxy) is 6. The summed E-state index contributed by atoms with van der Waals surface area (Å²) in [7, 11) is -13.0. The minimum absolute atomic E-state index is 0.167. The van der Waals surface area contributed by atoms with Gasteiger partial charge < -0.3 is 37.5 Å². The maximum atomic E-state index is 13.7. The molecule has 0 heterocycles. The summed E-state index contributed by atoms with van der Waals surface area (Å²) >= 11 is 0. The highest BCUT2D eigenvalue weighted by molar-refractivity contribution is 7.87. The molecule has 28 heteroatoms. The second-order valence-corrected chi connectivity index (χ2v) is 14.6. The van der Waals surface area contributed by atoms with Gasteiger partial charge in [0.1, 0.15) is 25.6 Å². The van der Waals surface area contributed by atoms with Crippen molar-refractivity contribution in [1.82, 2.24) is 0 Å². The zero-order chi connectivity index (χ0) is 46.9. The largest absolute Gasteiger partial charge is 0.743 e. The van der Waals surface area contributed by atoms with Crippen molar-refractivity contribution < 1.29 is 117 Å². The number of benzene rings is 2. The lowest BCUT2D eigenvalue weighted by atomic mass is 10.2. The van der Waals surface area contributed by atoms with E-state index >= 15 is 0 Å². The van der Waals surface area contributed by atoms with Gasteiger partial charge in [-0.1, -0.05) is 61.2 Å². The molecule has 0 saturated heterocycles. The normalized spacial score (nSPS) is 14.5. The van der Waals surface area contributed by atoms with Gasteiger partial charge in [0.2, 0.25) is 0 Å². The highest BCUT2D eigenvalue weighted by Crippen LogP contribution is 2.40. The molecule has 0 spiro atoms. The van der Waals surface area contributed by atoms with Crippen LogP contribution in [0, 0.1) is 6.92 Å². The molecule has 0 amide bonds. The van der Waals surface area contributed by atoms with Gasteiger partial charge >= 0.3 is 58.3 Å². The predicted molar refractivity (Wildman–Crippen MR) is 174 cm³/mol. The lowest BCUT2D eigenvalue weighted by Crippen LogP contribution is -2.60. The quantitative estimate of drug-likeness (QED) is 0.0398. The molecule has 0 N–H and O–H groups in total. The monoisotopic (exact) mass is 922 g/mol. The van der Waals surface area contributed by atoms with Crippen LogP contribution in [0.1, 0.15) is 25.0 Å². The van der Waals surface area contributed by atoms with Crippen LogP contribution in [0.4, 0.5) is 43.9 Å². The van der Waals surface area contributed by atoms with E-state index in [4.69, 9.17) is 0 Å². The van der Waals surface area contributed by atoms with Crippen molar-refractivity contribution in [2.75, 3.05) is 13.2 Å². The second-order valence-electron chi connectivity index (χ2n) is 11.6. The summed E-state index contributed by atoms with van der Waals surface area (Å²) in [5.74, 6) is -19.0. The van der Waals surface area contributed by atoms with Gasteiger partial charge in [-0.05, 0) is 38.5 Å². The SMILES string of the molecule is C=C(C)C(=O)OC(OCC(F)(F)S(=O)(=O)[O-])(C(=O)OCc1ccccc1)C(F)(F)F.C=C(C)C(=O)OC(OCC(F)(F)S(=O)(=O)[O-])(C(=O)Oc1ccc(C)cc1)C(F)(F)F. The molecule has 2 rings (SSSR count). The highest BCUT2D eigenvalue weighted by Gasteiger charge is 2.70. The molecule has 2 aromatic rings. The fourth-order valence-corrected chi connectivity index (χ4v) is 3.73. The lowest BCUT2D eigenvalue weighted by Gasteiger charge is -2.33. The Morgan fingerprint density at radius 1 is 0.617 bits per heavy atom. The Bertz CT molecular complexity index is 2120. The summed E-state index contributed by atoms with van der Waals surface area (Å²) in [5.41, 5.74) is -0.604. The van der Waals surface area contributed by atoms with Crippen LogP contribution in [0.15, 0.2) is 78.9 Å². The Morgan fingerprint density at radius 3 is 1.32 bits per heavy atom. The van der Waals surface area contributed by atoms with Crippen LogP contribution >= 0.6 is 0 Å². The van der Waals surface area contributed by atoms with Crippen molar-refractivity contribution in [3.05, 3.63) is 90.0 Å². The number of alkyl halides is 10. The van der Waals surface area contributed by atoms with Crippen LogP contribution in [-0.2, 0) is 69.7 Å². The molecule has 2 aromatic carbocycles. The Labute approximate surface area is 332 Å². The number of carbonyl (C=O) groups excluding carboxylic acids is 4. The standard InChI is InChI=1S/2C16H15F5O8S/c1-9(2)12(22)29-15(16(19,20)21,27-8-14(17,18)30(24,25)26)13(23)28-11-6-4-10(3)5-7-11;1-10(2)12(22)29-15(16(19,20)21,28-9-14(17,18)30(24,25)26)13(23)27-8-11-6-4-3-5-7-11/h4-7H,1,8H2,2-3H3,(H,24,25,26);3-7H,1,8-9H2,2H3,(H,24,25,26)/p-2. The minimum Gasteiger partial charge on any atom is -0.743 e. The van der Waals surface area contributed by atoms with E-state index in [1.165, 1.54) is 42.5 Å². The van der Waals surface area contributed by atoms with E-state index in [0.717, 1.165) is 26.0 Å². The van der Waals surface area contributed by atoms with Gasteiger partial charge in [0.15, 0.2) is 20.2 Å². The Morgan fingerprint density at radius 2 is 0.983 bits per heavy atom. The van der Waals surface area contributed by atoms with Crippen molar-refractivity contribution in [3.8, 4) is 5.75 Å². The maximum absolute atomic E-state index is 13.7. The smallest absolute Gasteiger partial charge is 0.468 e. The third-order valence-electron chi connectivity index (χ3n) is 6.52. The lowest BCUT2D eigenvalue weighted by molar-refractivity contribution is -0.360. The average molecular weight is 923 g/mol. The van der Waals surface area contributed by atoms with E-state index in [1.807, 2.05) is 0 Å². The fraction of sp³-hybridized carbons (Fsp3) is 0.375. The Balaban J connectivity index is 0.000000600. The molecule has 336 valence electrons. The van der Waals surface area contributed by atoms with Gasteiger partial charge in [-0.3, -0.25) is 0 Å². The third-order valence-corrected chi connectivity index (χ3v) is 8.22. The Hall–Kier alpha value is -5.16. The summed E-state index contributed by atoms with van der Waals surface area (Å²) in [4.78, 5) is 47.7. The van der Waals surface area contributed by atoms with Crippen LogP contribution in [-0.4, -0.2) is 97.5 Å². The molecular formula is C32H28F10O16S2-2. The fourth-order valence-electron chi connectivity index (χ4n) is 3.32. The molecule has 2 unspecified atom stereocenters. The molecule has 0 bridgehead atoms. The van der Waals surface area contributed by atoms with Crippen molar-refractivity contribution in [2.45, 2.75) is 61.8 Å². The number of esters is 4. The number of halogens is 10. The molecule has 60 heavy (non-hydrogen) atoms. The maximum Gasteiger partial charge on any atom is 0.468 e. The number of aryl methyl sites for hydroxylation is 1. The molecule has 0 aliphatic rings. The van der Waals surface area contributed by atoms with Gasteiger partial charge in [0, 0.05) is 11.1 Å². The summed E-state index contributed by atoms with van der Waals surface area (Å²) < 4.78 is 223. The molecular weight excluding hydrogens is 894 g/mol. The first kappa shape index (κ1) is 52.9. The van der Waals surface area contributed by atoms with E-state index in [-0.39, 0.29) is 5.56 Å². The molecule has 0 aliphatic heterocycles. The van der Waals surface area contributed by atoms with Crippen LogP contribution in [0.2, 0.25) is 0 Å². The van der Waals surface area contributed by atoms with Crippen LogP contribution in [0.3, 0.4) is 0 Å².